The van der Waals surface area contributed by atoms with Crippen LogP contribution in [0, 0.1) is 19.7 Å². The van der Waals surface area contributed by atoms with Gasteiger partial charge < -0.3 is 9.64 Å². The molecule has 0 radical (unpaired) electrons. The highest BCUT2D eigenvalue weighted by molar-refractivity contribution is 6.26. The summed E-state index contributed by atoms with van der Waals surface area (Å²) in [5.74, 6) is 1.85. The van der Waals surface area contributed by atoms with Crippen LogP contribution in [0.1, 0.15) is 11.6 Å². The second kappa shape index (κ2) is 6.58. The molecular formula is C24H20FN7O. The lowest BCUT2D eigenvalue weighted by Crippen LogP contribution is -2.36. The lowest BCUT2D eigenvalue weighted by atomic mass is 9.98. The zero-order valence-electron chi connectivity index (χ0n) is 18.2. The minimum Gasteiger partial charge on any atom is -0.378 e. The van der Waals surface area contributed by atoms with Gasteiger partial charge in [0.1, 0.15) is 28.5 Å². The van der Waals surface area contributed by atoms with Crippen molar-refractivity contribution in [1.29, 1.82) is 0 Å². The summed E-state index contributed by atoms with van der Waals surface area (Å²) in [5.41, 5.74) is 5.00. The number of imidazole rings is 1. The molecule has 7 rings (SSSR count). The number of fused-ring (bicyclic) bond motifs is 2. The Kier molecular flexibility index (Phi) is 3.73. The normalized spacial score (nSPS) is 15.1. The average molecular weight is 441 g/mol. The molecule has 0 amide bonds. The average Bonchev–Trinajstić information content (AvgIpc) is 3.42. The van der Waals surface area contributed by atoms with E-state index in [1.807, 2.05) is 26.0 Å². The molecule has 0 spiro atoms. The highest BCUT2D eigenvalue weighted by Crippen LogP contribution is 2.44. The SMILES string of the molecule is Cc1nc(-c2cc(N3CCOCC3)c3c4ccc(F)c5nccc(c54)n4c(C)nc2c34)n[nH]1. The quantitative estimate of drug-likeness (QED) is 0.323. The standard InChI is InChI=1S/C24H20FN7O/c1-12-27-24(30-29-12)15-11-18(31-7-9-33-10-8-31)20-14-3-4-16(25)22-19(14)17(5-6-26-22)32-13(2)28-21(15)23(20)32/h3-6,11H,7-10H2,1-2H3,(H,27,29,30). The molecule has 0 unspecified atom stereocenters. The van der Waals surface area contributed by atoms with Crippen LogP contribution in [0.2, 0.25) is 0 Å². The molecule has 1 fully saturated rings. The zero-order chi connectivity index (χ0) is 22.3. The first-order valence-corrected chi connectivity index (χ1v) is 11.0. The van der Waals surface area contributed by atoms with Gasteiger partial charge in [0.15, 0.2) is 5.82 Å². The molecule has 0 atom stereocenters. The van der Waals surface area contributed by atoms with Gasteiger partial charge in [0, 0.05) is 35.7 Å². The fraction of sp³-hybridized carbons (Fsp3) is 0.250. The number of aromatic nitrogens is 6. The Morgan fingerprint density at radius 1 is 1.03 bits per heavy atom. The molecule has 1 aliphatic heterocycles. The number of nitrogens with zero attached hydrogens (tertiary/aromatic N) is 6. The van der Waals surface area contributed by atoms with Crippen LogP contribution in [-0.4, -0.2) is 55.9 Å². The number of ether oxygens (including phenoxy) is 1. The Morgan fingerprint density at radius 2 is 1.88 bits per heavy atom. The van der Waals surface area contributed by atoms with Crippen LogP contribution >= 0.6 is 0 Å². The Labute approximate surface area is 187 Å². The van der Waals surface area contributed by atoms with E-state index in [9.17, 15) is 4.39 Å². The summed E-state index contributed by atoms with van der Waals surface area (Å²) in [6.45, 7) is 6.70. The number of rotatable bonds is 2. The molecule has 1 saturated heterocycles. The van der Waals surface area contributed by atoms with Crippen molar-refractivity contribution < 1.29 is 9.13 Å². The minimum atomic E-state index is -0.325. The van der Waals surface area contributed by atoms with E-state index in [1.165, 1.54) is 6.07 Å². The van der Waals surface area contributed by atoms with Gasteiger partial charge in [0.25, 0.3) is 0 Å². The predicted octanol–water partition coefficient (Wildman–Crippen LogP) is 4.00. The van der Waals surface area contributed by atoms with Gasteiger partial charge in [-0.3, -0.25) is 14.5 Å². The van der Waals surface area contributed by atoms with Crippen LogP contribution in [0.3, 0.4) is 0 Å². The third-order valence-corrected chi connectivity index (χ3v) is 6.60. The van der Waals surface area contributed by atoms with Gasteiger partial charge >= 0.3 is 0 Å². The van der Waals surface area contributed by atoms with Crippen LogP contribution < -0.4 is 4.90 Å². The molecule has 9 heteroatoms. The van der Waals surface area contributed by atoms with Crippen molar-refractivity contribution in [2.75, 3.05) is 31.2 Å². The molecule has 0 bridgehead atoms. The summed E-state index contributed by atoms with van der Waals surface area (Å²) < 4.78 is 22.6. The summed E-state index contributed by atoms with van der Waals surface area (Å²) in [6.07, 6.45) is 1.66. The summed E-state index contributed by atoms with van der Waals surface area (Å²) in [5, 5.41) is 10.2. The number of H-pyrrole nitrogens is 1. The molecule has 2 aromatic carbocycles. The molecule has 5 heterocycles. The predicted molar refractivity (Wildman–Crippen MR) is 125 cm³/mol. The largest absolute Gasteiger partial charge is 0.378 e. The fourth-order valence-corrected chi connectivity index (χ4v) is 5.21. The van der Waals surface area contributed by atoms with Crippen LogP contribution in [-0.2, 0) is 4.74 Å². The first-order chi connectivity index (χ1) is 16.1. The molecule has 0 saturated carbocycles. The maximum atomic E-state index is 14.8. The van der Waals surface area contributed by atoms with Gasteiger partial charge in [0.05, 0.1) is 29.8 Å². The zero-order valence-corrected chi connectivity index (χ0v) is 18.2. The van der Waals surface area contributed by atoms with Crippen molar-refractivity contribution in [1.82, 2.24) is 29.5 Å². The number of hydrogen-bond acceptors (Lipinski definition) is 6. The topological polar surface area (TPSA) is 84.2 Å². The van der Waals surface area contributed by atoms with Crippen molar-refractivity contribution >= 4 is 43.9 Å². The number of anilines is 1. The Hall–Kier alpha value is -3.85. The Balaban J connectivity index is 1.74. The lowest BCUT2D eigenvalue weighted by Gasteiger charge is -2.31. The van der Waals surface area contributed by atoms with E-state index in [4.69, 9.17) is 9.72 Å². The molecule has 1 aliphatic rings. The van der Waals surface area contributed by atoms with E-state index < -0.39 is 0 Å². The van der Waals surface area contributed by atoms with Crippen molar-refractivity contribution in [3.05, 3.63) is 47.9 Å². The molecule has 4 aromatic heterocycles. The maximum absolute atomic E-state index is 14.8. The number of hydrogen-bond donors (Lipinski definition) is 1. The number of pyridine rings is 2. The van der Waals surface area contributed by atoms with Gasteiger partial charge in [-0.2, -0.15) is 5.10 Å². The van der Waals surface area contributed by atoms with E-state index in [0.717, 1.165) is 68.7 Å². The highest BCUT2D eigenvalue weighted by Gasteiger charge is 2.26. The number of aromatic amines is 1. The van der Waals surface area contributed by atoms with E-state index in [-0.39, 0.29) is 5.82 Å². The summed E-state index contributed by atoms with van der Waals surface area (Å²) in [6, 6.07) is 7.43. The van der Waals surface area contributed by atoms with Crippen molar-refractivity contribution in [2.24, 2.45) is 0 Å². The van der Waals surface area contributed by atoms with Gasteiger partial charge in [-0.25, -0.2) is 14.4 Å². The number of benzene rings is 2. The van der Waals surface area contributed by atoms with Crippen LogP contribution in [0.5, 0.6) is 0 Å². The molecular weight excluding hydrogens is 421 g/mol. The number of morpholine rings is 1. The van der Waals surface area contributed by atoms with Crippen molar-refractivity contribution in [2.45, 2.75) is 13.8 Å². The molecule has 164 valence electrons. The number of aryl methyl sites for hydroxylation is 2. The number of nitrogens with one attached hydrogen (secondary N) is 1. The van der Waals surface area contributed by atoms with Crippen LogP contribution in [0.4, 0.5) is 10.1 Å². The smallest absolute Gasteiger partial charge is 0.183 e. The van der Waals surface area contributed by atoms with Gasteiger partial charge in [-0.1, -0.05) is 6.07 Å². The minimum absolute atomic E-state index is 0.325. The van der Waals surface area contributed by atoms with Gasteiger partial charge in [-0.15, -0.1) is 0 Å². The highest BCUT2D eigenvalue weighted by atomic mass is 19.1. The Morgan fingerprint density at radius 3 is 2.67 bits per heavy atom. The first kappa shape index (κ1) is 18.7. The molecule has 1 N–H and O–H groups in total. The molecule has 8 nitrogen and oxygen atoms in total. The van der Waals surface area contributed by atoms with E-state index in [0.29, 0.717) is 24.6 Å². The summed E-state index contributed by atoms with van der Waals surface area (Å²) >= 11 is 0. The second-order valence-electron chi connectivity index (χ2n) is 8.50. The first-order valence-electron chi connectivity index (χ1n) is 11.0. The molecule has 6 aromatic rings. The van der Waals surface area contributed by atoms with E-state index in [2.05, 4.69) is 35.5 Å². The van der Waals surface area contributed by atoms with Gasteiger partial charge in [-0.05, 0) is 37.4 Å². The van der Waals surface area contributed by atoms with E-state index in [1.54, 1.807) is 6.20 Å². The third kappa shape index (κ3) is 2.48. The Bertz CT molecular complexity index is 1700. The third-order valence-electron chi connectivity index (χ3n) is 6.60. The van der Waals surface area contributed by atoms with Crippen LogP contribution in [0.15, 0.2) is 30.5 Å². The van der Waals surface area contributed by atoms with Crippen LogP contribution in [0.25, 0.3) is 49.6 Å². The lowest BCUT2D eigenvalue weighted by molar-refractivity contribution is 0.123. The fourth-order valence-electron chi connectivity index (χ4n) is 5.21. The second-order valence-corrected chi connectivity index (χ2v) is 8.50. The molecule has 33 heavy (non-hydrogen) atoms. The van der Waals surface area contributed by atoms with Gasteiger partial charge in [0.2, 0.25) is 0 Å². The number of halogens is 1. The van der Waals surface area contributed by atoms with Crippen molar-refractivity contribution in [3.63, 3.8) is 0 Å². The summed E-state index contributed by atoms with van der Waals surface area (Å²) in [7, 11) is 0. The van der Waals surface area contributed by atoms with Crippen molar-refractivity contribution in [3.8, 4) is 11.4 Å². The molecule has 0 aliphatic carbocycles. The van der Waals surface area contributed by atoms with E-state index >= 15 is 0 Å². The monoisotopic (exact) mass is 441 g/mol. The summed E-state index contributed by atoms with van der Waals surface area (Å²) in [4.78, 5) is 16.3. The maximum Gasteiger partial charge on any atom is 0.183 e.